The molecule has 0 heterocycles. The molecule has 1 N–H and O–H groups in total. The second-order valence-corrected chi connectivity index (χ2v) is 4.00. The van der Waals surface area contributed by atoms with Crippen LogP contribution in [0.5, 0.6) is 0 Å². The summed E-state index contributed by atoms with van der Waals surface area (Å²) in [5.74, 6) is -0.739. The fraction of sp³-hybridized carbons (Fsp3) is 0.750. The molecule has 0 saturated heterocycles. The van der Waals surface area contributed by atoms with Crippen molar-refractivity contribution in [1.29, 1.82) is 0 Å². The topological polar surface area (TPSA) is 72.8 Å². The van der Waals surface area contributed by atoms with Crippen molar-refractivity contribution < 1.29 is 22.5 Å². The van der Waals surface area contributed by atoms with Gasteiger partial charge in [0.05, 0.1) is 7.11 Å². The molecule has 0 aromatic heterocycles. The summed E-state index contributed by atoms with van der Waals surface area (Å²) in [7, 11) is -2.60. The lowest BCUT2D eigenvalue weighted by Crippen LogP contribution is -2.24. The molecular formula is C4H8O5S2. The van der Waals surface area contributed by atoms with Crippen LogP contribution in [0, 0.1) is 0 Å². The summed E-state index contributed by atoms with van der Waals surface area (Å²) in [6.45, 7) is 1.27. The first-order valence-corrected chi connectivity index (χ1v) is 4.97. The molecule has 5 nitrogen and oxygen atoms in total. The maximum absolute atomic E-state index is 10.6. The van der Waals surface area contributed by atoms with Crippen molar-refractivity contribution in [2.24, 2.45) is 0 Å². The maximum Gasteiger partial charge on any atom is 0.336 e. The molecule has 0 bridgehead atoms. The fourth-order valence-corrected chi connectivity index (χ4v) is 1.18. The number of methoxy groups -OCH3 is 1. The van der Waals surface area contributed by atoms with Crippen molar-refractivity contribution in [3.8, 4) is 0 Å². The van der Waals surface area contributed by atoms with E-state index in [0.717, 1.165) is 7.11 Å². The van der Waals surface area contributed by atoms with Gasteiger partial charge >= 0.3 is 5.97 Å². The van der Waals surface area contributed by atoms with E-state index in [4.69, 9.17) is 4.55 Å². The molecule has 7 heteroatoms. The molecule has 66 valence electrons. The van der Waals surface area contributed by atoms with E-state index in [1.165, 1.54) is 6.92 Å². The van der Waals surface area contributed by atoms with Crippen LogP contribution in [0.25, 0.3) is 0 Å². The summed E-state index contributed by atoms with van der Waals surface area (Å²) >= 11 is 3.98. The lowest BCUT2D eigenvalue weighted by atomic mass is 10.4. The lowest BCUT2D eigenvalue weighted by molar-refractivity contribution is -0.147. The Bertz CT molecular complexity index is 231. The first-order chi connectivity index (χ1) is 4.87. The smallest absolute Gasteiger partial charge is 0.336 e. The van der Waals surface area contributed by atoms with Gasteiger partial charge in [0.15, 0.2) is 6.10 Å². The molecule has 2 unspecified atom stereocenters. The van der Waals surface area contributed by atoms with Gasteiger partial charge in [0.2, 0.25) is 0 Å². The van der Waals surface area contributed by atoms with Crippen molar-refractivity contribution in [3.63, 3.8) is 0 Å². The first kappa shape index (κ1) is 10.8. The molecule has 0 radical (unpaired) electrons. The average molecular weight is 200 g/mol. The predicted molar refractivity (Wildman–Crippen MR) is 40.7 cm³/mol. The minimum atomic E-state index is -3.75. The molecule has 0 aliphatic rings. The Kier molecular flexibility index (Phi) is 3.87. The van der Waals surface area contributed by atoms with Gasteiger partial charge < -0.3 is 4.74 Å². The molecular weight excluding hydrogens is 192 g/mol. The van der Waals surface area contributed by atoms with Gasteiger partial charge in [-0.3, -0.25) is 8.74 Å². The molecule has 0 fully saturated rings. The van der Waals surface area contributed by atoms with Gasteiger partial charge in [0.25, 0.3) is 9.05 Å². The van der Waals surface area contributed by atoms with Crippen LogP contribution >= 0.6 is 0 Å². The molecule has 0 amide bonds. The average Bonchev–Trinajstić information content (AvgIpc) is 1.82. The second kappa shape index (κ2) is 3.96. The molecule has 0 aromatic rings. The van der Waals surface area contributed by atoms with Crippen molar-refractivity contribution in [1.82, 2.24) is 0 Å². The summed E-state index contributed by atoms with van der Waals surface area (Å²) in [4.78, 5) is 10.6. The molecule has 0 spiro atoms. The summed E-state index contributed by atoms with van der Waals surface area (Å²) in [5.41, 5.74) is 0. The van der Waals surface area contributed by atoms with E-state index in [2.05, 4.69) is 20.1 Å². The molecule has 0 aliphatic carbocycles. The Morgan fingerprint density at radius 1 is 1.73 bits per heavy atom. The van der Waals surface area contributed by atoms with E-state index < -0.39 is 21.1 Å². The number of hydrogen-bond donors (Lipinski definition) is 1. The Morgan fingerprint density at radius 3 is 2.45 bits per heavy atom. The molecule has 0 aliphatic heterocycles. The first-order valence-electron chi connectivity index (χ1n) is 2.60. The Balaban J connectivity index is 4.09. The zero-order chi connectivity index (χ0) is 9.07. The molecule has 2 atom stereocenters. The number of carbonyl (C=O) groups is 1. The standard InChI is InChI=1S/C4H8O5S2/c1-3(4(5)8-2)9-11(6,7)10/h3H,1-2H3,(H,6,7,10). The van der Waals surface area contributed by atoms with E-state index in [-0.39, 0.29) is 0 Å². The van der Waals surface area contributed by atoms with E-state index in [1.54, 1.807) is 0 Å². The zero-order valence-corrected chi connectivity index (χ0v) is 7.61. The maximum atomic E-state index is 10.6. The summed E-state index contributed by atoms with van der Waals surface area (Å²) in [5, 5.41) is 0. The summed E-state index contributed by atoms with van der Waals surface area (Å²) < 4.78 is 27.2. The highest BCUT2D eigenvalue weighted by Gasteiger charge is 2.17. The monoisotopic (exact) mass is 200 g/mol. The van der Waals surface area contributed by atoms with Gasteiger partial charge in [-0.05, 0) is 6.92 Å². The normalized spacial score (nSPS) is 18.5. The Hall–Kier alpha value is -0.240. The minimum Gasteiger partial charge on any atom is -0.467 e. The predicted octanol–water partition coefficient (Wildman–Crippen LogP) is -0.301. The van der Waals surface area contributed by atoms with Crippen LogP contribution in [0.15, 0.2) is 0 Å². The van der Waals surface area contributed by atoms with E-state index in [0.29, 0.717) is 0 Å². The summed E-state index contributed by atoms with van der Waals surface area (Å²) in [6, 6.07) is 0. The minimum absolute atomic E-state index is 0.739. The number of hydrogen-bond acceptors (Lipinski definition) is 5. The highest BCUT2D eigenvalue weighted by molar-refractivity contribution is 8.27. The SMILES string of the molecule is COC(=O)C(C)OS(=O)(O)=S. The van der Waals surface area contributed by atoms with E-state index >= 15 is 0 Å². The number of carbonyl (C=O) groups excluding carboxylic acids is 1. The van der Waals surface area contributed by atoms with Crippen molar-refractivity contribution in [3.05, 3.63) is 0 Å². The van der Waals surface area contributed by atoms with Crippen molar-refractivity contribution in [2.45, 2.75) is 13.0 Å². The Morgan fingerprint density at radius 2 is 2.18 bits per heavy atom. The van der Waals surface area contributed by atoms with Gasteiger partial charge in [-0.1, -0.05) is 0 Å². The van der Waals surface area contributed by atoms with Crippen LogP contribution in [0.4, 0.5) is 0 Å². The van der Waals surface area contributed by atoms with Gasteiger partial charge in [-0.15, -0.1) is 0 Å². The third-order valence-electron chi connectivity index (χ3n) is 0.799. The zero-order valence-electron chi connectivity index (χ0n) is 5.97. The summed E-state index contributed by atoms with van der Waals surface area (Å²) in [6.07, 6.45) is -1.12. The number of rotatable bonds is 3. The van der Waals surface area contributed by atoms with Crippen LogP contribution < -0.4 is 0 Å². The van der Waals surface area contributed by atoms with Crippen molar-refractivity contribution in [2.75, 3.05) is 7.11 Å². The molecule has 0 rings (SSSR count). The van der Waals surface area contributed by atoms with Crippen LogP contribution in [0.3, 0.4) is 0 Å². The van der Waals surface area contributed by atoms with Crippen LogP contribution in [-0.4, -0.2) is 27.9 Å². The Labute approximate surface area is 69.4 Å². The largest absolute Gasteiger partial charge is 0.467 e. The van der Waals surface area contributed by atoms with Crippen LogP contribution in [0.2, 0.25) is 0 Å². The number of ether oxygens (including phenoxy) is 1. The van der Waals surface area contributed by atoms with Gasteiger partial charge in [0, 0.05) is 11.2 Å². The highest BCUT2D eigenvalue weighted by Crippen LogP contribution is 1.98. The molecule has 11 heavy (non-hydrogen) atoms. The third kappa shape index (κ3) is 5.08. The van der Waals surface area contributed by atoms with Crippen LogP contribution in [-0.2, 0) is 34.0 Å². The molecule has 0 saturated carbocycles. The fourth-order valence-electron chi connectivity index (χ4n) is 0.388. The number of esters is 1. The molecule has 0 aromatic carbocycles. The van der Waals surface area contributed by atoms with E-state index in [1.807, 2.05) is 0 Å². The van der Waals surface area contributed by atoms with Gasteiger partial charge in [0.1, 0.15) is 0 Å². The highest BCUT2D eigenvalue weighted by atomic mass is 32.9. The quantitative estimate of drug-likeness (QED) is 0.630. The lowest BCUT2D eigenvalue weighted by Gasteiger charge is -2.07. The van der Waals surface area contributed by atoms with Crippen LogP contribution in [0.1, 0.15) is 6.92 Å². The van der Waals surface area contributed by atoms with Crippen molar-refractivity contribution >= 4 is 26.2 Å². The van der Waals surface area contributed by atoms with E-state index in [9.17, 15) is 9.00 Å². The second-order valence-electron chi connectivity index (χ2n) is 1.69. The third-order valence-corrected chi connectivity index (χ3v) is 1.57. The van der Waals surface area contributed by atoms with Gasteiger partial charge in [-0.2, -0.15) is 4.21 Å². The van der Waals surface area contributed by atoms with Gasteiger partial charge in [-0.25, -0.2) is 4.79 Å².